The van der Waals surface area contributed by atoms with Crippen LogP contribution in [0.15, 0.2) is 30.3 Å². The van der Waals surface area contributed by atoms with E-state index >= 15 is 0 Å². The number of carboxylic acids is 1. The van der Waals surface area contributed by atoms with Crippen LogP contribution in [0.1, 0.15) is 50.9 Å². The lowest BCUT2D eigenvalue weighted by Crippen LogP contribution is -2.39. The fourth-order valence-electron chi connectivity index (χ4n) is 3.33. The molecule has 1 aliphatic rings. The van der Waals surface area contributed by atoms with Gasteiger partial charge in [-0.25, -0.2) is 4.79 Å². The lowest BCUT2D eigenvalue weighted by Gasteiger charge is -2.33. The number of rotatable bonds is 3. The number of alkyl halides is 3. The number of amides is 1. The van der Waals surface area contributed by atoms with Crippen molar-refractivity contribution in [3.8, 4) is 0 Å². The van der Waals surface area contributed by atoms with E-state index < -0.39 is 23.7 Å². The second-order valence-electron chi connectivity index (χ2n) is 6.56. The van der Waals surface area contributed by atoms with Gasteiger partial charge in [0, 0.05) is 32.1 Å². The predicted octanol–water partition coefficient (Wildman–Crippen LogP) is 3.16. The Morgan fingerprint density at radius 3 is 2.63 bits per heavy atom. The van der Waals surface area contributed by atoms with Crippen molar-refractivity contribution in [3.63, 3.8) is 0 Å². The van der Waals surface area contributed by atoms with Crippen molar-refractivity contribution in [2.75, 3.05) is 13.1 Å². The molecule has 1 aromatic carbocycles. The zero-order valence-electron chi connectivity index (χ0n) is 14.5. The van der Waals surface area contributed by atoms with Crippen LogP contribution in [-0.4, -0.2) is 44.8 Å². The Hall–Kier alpha value is -2.84. The molecule has 2 heterocycles. The Kier molecular flexibility index (Phi) is 4.95. The van der Waals surface area contributed by atoms with Gasteiger partial charge in [-0.2, -0.15) is 18.3 Å². The highest BCUT2D eigenvalue weighted by Gasteiger charge is 2.36. The van der Waals surface area contributed by atoms with Crippen molar-refractivity contribution >= 4 is 11.9 Å². The monoisotopic (exact) mass is 381 g/mol. The third kappa shape index (κ3) is 3.96. The maximum absolute atomic E-state index is 12.8. The summed E-state index contributed by atoms with van der Waals surface area (Å²) in [6.07, 6.45) is -3.16. The van der Waals surface area contributed by atoms with Crippen LogP contribution in [0.3, 0.4) is 0 Å². The Morgan fingerprint density at radius 1 is 1.26 bits per heavy atom. The maximum atomic E-state index is 12.8. The number of carbonyl (C=O) groups is 2. The van der Waals surface area contributed by atoms with E-state index in [0.717, 1.165) is 22.7 Å². The first-order chi connectivity index (χ1) is 12.7. The molecule has 1 N–H and O–H groups in total. The van der Waals surface area contributed by atoms with Crippen LogP contribution in [0.5, 0.6) is 0 Å². The van der Waals surface area contributed by atoms with Crippen LogP contribution in [-0.2, 0) is 13.2 Å². The summed E-state index contributed by atoms with van der Waals surface area (Å²) in [5.74, 6) is -1.62. The van der Waals surface area contributed by atoms with Crippen LogP contribution in [0.2, 0.25) is 0 Å². The molecule has 1 amide bonds. The van der Waals surface area contributed by atoms with Crippen molar-refractivity contribution in [1.82, 2.24) is 14.7 Å². The standard InChI is InChI=1S/C18H18F3N3O3/c1-23-14(9-15(22-23)18(19,20)21)16(25)24-7-3-6-13(10-24)11-4-2-5-12(8-11)17(26)27/h2,4-5,8-9,13H,3,6-7,10H2,1H3,(H,26,27). The summed E-state index contributed by atoms with van der Waals surface area (Å²) in [6.45, 7) is 0.745. The van der Waals surface area contributed by atoms with E-state index in [1.807, 2.05) is 0 Å². The third-order valence-corrected chi connectivity index (χ3v) is 4.70. The zero-order chi connectivity index (χ0) is 19.8. The van der Waals surface area contributed by atoms with Crippen LogP contribution >= 0.6 is 0 Å². The summed E-state index contributed by atoms with van der Waals surface area (Å²) >= 11 is 0. The van der Waals surface area contributed by atoms with E-state index in [1.165, 1.54) is 18.0 Å². The number of benzene rings is 1. The molecule has 3 rings (SSSR count). The van der Waals surface area contributed by atoms with Gasteiger partial charge in [0.2, 0.25) is 0 Å². The minimum absolute atomic E-state index is 0.0719. The average Bonchev–Trinajstić information content (AvgIpc) is 3.03. The van der Waals surface area contributed by atoms with Gasteiger partial charge in [0.25, 0.3) is 5.91 Å². The van der Waals surface area contributed by atoms with E-state index in [0.29, 0.717) is 19.5 Å². The number of piperidine rings is 1. The van der Waals surface area contributed by atoms with E-state index in [2.05, 4.69) is 5.10 Å². The van der Waals surface area contributed by atoms with Gasteiger partial charge in [0.15, 0.2) is 5.69 Å². The van der Waals surface area contributed by atoms with Crippen molar-refractivity contribution in [3.05, 3.63) is 52.8 Å². The lowest BCUT2D eigenvalue weighted by atomic mass is 9.89. The largest absolute Gasteiger partial charge is 0.478 e. The number of halogens is 3. The first-order valence-electron chi connectivity index (χ1n) is 8.40. The smallest absolute Gasteiger partial charge is 0.435 e. The second-order valence-corrected chi connectivity index (χ2v) is 6.56. The van der Waals surface area contributed by atoms with Gasteiger partial charge in [0.1, 0.15) is 5.69 Å². The minimum Gasteiger partial charge on any atom is -0.478 e. The first kappa shape index (κ1) is 18.9. The van der Waals surface area contributed by atoms with E-state index in [9.17, 15) is 22.8 Å². The molecule has 27 heavy (non-hydrogen) atoms. The number of aryl methyl sites for hydroxylation is 1. The summed E-state index contributed by atoms with van der Waals surface area (Å²) in [7, 11) is 1.31. The minimum atomic E-state index is -4.61. The van der Waals surface area contributed by atoms with Gasteiger partial charge in [-0.15, -0.1) is 0 Å². The zero-order valence-corrected chi connectivity index (χ0v) is 14.5. The number of aromatic nitrogens is 2. The quantitative estimate of drug-likeness (QED) is 0.886. The highest BCUT2D eigenvalue weighted by atomic mass is 19.4. The molecule has 0 saturated carbocycles. The first-order valence-corrected chi connectivity index (χ1v) is 8.40. The molecular weight excluding hydrogens is 363 g/mol. The molecule has 0 bridgehead atoms. The molecule has 1 aliphatic heterocycles. The normalized spacial score (nSPS) is 17.8. The lowest BCUT2D eigenvalue weighted by molar-refractivity contribution is -0.141. The average molecular weight is 381 g/mol. The van der Waals surface area contributed by atoms with Crippen molar-refractivity contribution < 1.29 is 27.9 Å². The van der Waals surface area contributed by atoms with Gasteiger partial charge < -0.3 is 10.0 Å². The number of aromatic carboxylic acids is 1. The van der Waals surface area contributed by atoms with Crippen LogP contribution in [0.25, 0.3) is 0 Å². The SMILES string of the molecule is Cn1nc(C(F)(F)F)cc1C(=O)N1CCCC(c2cccc(C(=O)O)c2)C1. The summed E-state index contributed by atoms with van der Waals surface area (Å²) in [6, 6.07) is 7.28. The summed E-state index contributed by atoms with van der Waals surface area (Å²) in [4.78, 5) is 25.4. The third-order valence-electron chi connectivity index (χ3n) is 4.70. The fourth-order valence-corrected chi connectivity index (χ4v) is 3.33. The Balaban J connectivity index is 1.80. The van der Waals surface area contributed by atoms with Gasteiger partial charge >= 0.3 is 12.1 Å². The second kappa shape index (κ2) is 7.05. The molecule has 1 saturated heterocycles. The highest BCUT2D eigenvalue weighted by Crippen LogP contribution is 2.31. The molecule has 144 valence electrons. The summed E-state index contributed by atoms with van der Waals surface area (Å²) in [5, 5.41) is 12.5. The number of hydrogen-bond donors (Lipinski definition) is 1. The van der Waals surface area contributed by atoms with Gasteiger partial charge in [0.05, 0.1) is 5.56 Å². The maximum Gasteiger partial charge on any atom is 0.435 e. The number of hydrogen-bond acceptors (Lipinski definition) is 3. The molecule has 0 aliphatic carbocycles. The van der Waals surface area contributed by atoms with Gasteiger partial charge in [-0.3, -0.25) is 9.48 Å². The Labute approximate surface area is 153 Å². The van der Waals surface area contributed by atoms with Gasteiger partial charge in [-0.1, -0.05) is 12.1 Å². The molecule has 0 spiro atoms. The Bertz CT molecular complexity index is 876. The van der Waals surface area contributed by atoms with Gasteiger partial charge in [-0.05, 0) is 30.5 Å². The van der Waals surface area contributed by atoms with Crippen LogP contribution < -0.4 is 0 Å². The summed E-state index contributed by atoms with van der Waals surface area (Å²) in [5.41, 5.74) is -0.260. The summed E-state index contributed by atoms with van der Waals surface area (Å²) < 4.78 is 39.4. The molecule has 6 nitrogen and oxygen atoms in total. The molecule has 1 fully saturated rings. The van der Waals surface area contributed by atoms with E-state index in [4.69, 9.17) is 5.11 Å². The van der Waals surface area contributed by atoms with Crippen molar-refractivity contribution in [2.24, 2.45) is 7.05 Å². The topological polar surface area (TPSA) is 75.4 Å². The van der Waals surface area contributed by atoms with Crippen molar-refractivity contribution in [1.29, 1.82) is 0 Å². The molecule has 1 aromatic heterocycles. The molecule has 0 radical (unpaired) electrons. The van der Waals surface area contributed by atoms with Crippen LogP contribution in [0.4, 0.5) is 13.2 Å². The predicted molar refractivity (Wildman–Crippen MR) is 89.5 cm³/mol. The molecule has 2 aromatic rings. The number of likely N-dealkylation sites (tertiary alicyclic amines) is 1. The van der Waals surface area contributed by atoms with E-state index in [1.54, 1.807) is 18.2 Å². The molecule has 1 unspecified atom stereocenters. The fraction of sp³-hybridized carbons (Fsp3) is 0.389. The number of nitrogens with zero attached hydrogens (tertiary/aromatic N) is 3. The molecular formula is C18H18F3N3O3. The highest BCUT2D eigenvalue weighted by molar-refractivity contribution is 5.93. The van der Waals surface area contributed by atoms with Crippen LogP contribution in [0, 0.1) is 0 Å². The number of carboxylic acid groups (broad SMARTS) is 1. The molecule has 1 atom stereocenters. The molecule has 9 heteroatoms. The number of carbonyl (C=O) groups excluding carboxylic acids is 1. The van der Waals surface area contributed by atoms with Crippen molar-refractivity contribution in [2.45, 2.75) is 24.9 Å². The Morgan fingerprint density at radius 2 is 2.00 bits per heavy atom. The van der Waals surface area contributed by atoms with E-state index in [-0.39, 0.29) is 17.2 Å².